The number of rotatable bonds is 5. The normalized spacial score (nSPS) is 17.3. The quantitative estimate of drug-likeness (QED) is 0.681. The fraction of sp³-hybridized carbons (Fsp3) is 0.385. The fourth-order valence-electron chi connectivity index (χ4n) is 5.07. The van der Waals surface area contributed by atoms with Crippen LogP contribution >= 0.6 is 0 Å². The van der Waals surface area contributed by atoms with Gasteiger partial charge < -0.3 is 10.1 Å². The van der Waals surface area contributed by atoms with Crippen molar-refractivity contribution in [2.24, 2.45) is 0 Å². The number of para-hydroxylation sites is 1. The summed E-state index contributed by atoms with van der Waals surface area (Å²) in [5.74, 6) is -0.0627. The van der Waals surface area contributed by atoms with E-state index in [-0.39, 0.29) is 11.3 Å². The Balaban J connectivity index is 1.42. The minimum Gasteiger partial charge on any atom is -0.381 e. The van der Waals surface area contributed by atoms with Gasteiger partial charge in [-0.15, -0.1) is 0 Å². The van der Waals surface area contributed by atoms with Crippen molar-refractivity contribution in [2.75, 3.05) is 19.8 Å². The molecule has 2 aliphatic rings. The summed E-state index contributed by atoms with van der Waals surface area (Å²) < 4.78 is 7.63. The van der Waals surface area contributed by atoms with Crippen molar-refractivity contribution in [3.05, 3.63) is 82.7 Å². The van der Waals surface area contributed by atoms with Crippen LogP contribution in [0.25, 0.3) is 5.69 Å². The minimum absolute atomic E-state index is 0.0627. The van der Waals surface area contributed by atoms with E-state index in [1.54, 1.807) is 0 Å². The molecule has 0 unspecified atom stereocenters. The van der Waals surface area contributed by atoms with Crippen molar-refractivity contribution >= 4 is 5.91 Å². The standard InChI is InChI=1S/C26H29N3O2/c1-19-8-5-6-12-22(19)29-23-13-7-11-21(23)24(28-29)25(30)27-18-26(14-16-31-17-15-26)20-9-3-2-4-10-20/h2-6,8-10,12H,7,11,13-18H2,1H3,(H,27,30). The van der Waals surface area contributed by atoms with Crippen molar-refractivity contribution in [3.63, 3.8) is 0 Å². The minimum atomic E-state index is -0.0864. The maximum atomic E-state index is 13.3. The fourth-order valence-corrected chi connectivity index (χ4v) is 5.07. The van der Waals surface area contributed by atoms with Gasteiger partial charge in [0.2, 0.25) is 0 Å². The molecule has 0 saturated carbocycles. The first-order chi connectivity index (χ1) is 15.2. The summed E-state index contributed by atoms with van der Waals surface area (Å²) in [6, 6.07) is 18.8. The number of ether oxygens (including phenoxy) is 1. The molecule has 3 aromatic rings. The van der Waals surface area contributed by atoms with Crippen LogP contribution in [0.1, 0.15) is 52.1 Å². The van der Waals surface area contributed by atoms with Crippen LogP contribution in [0.3, 0.4) is 0 Å². The van der Waals surface area contributed by atoms with Gasteiger partial charge in [0, 0.05) is 36.4 Å². The number of carbonyl (C=O) groups is 1. The van der Waals surface area contributed by atoms with Gasteiger partial charge in [0.1, 0.15) is 0 Å². The monoisotopic (exact) mass is 415 g/mol. The molecule has 160 valence electrons. The Hall–Kier alpha value is -2.92. The number of aromatic nitrogens is 2. The van der Waals surface area contributed by atoms with E-state index in [0.717, 1.165) is 62.1 Å². The summed E-state index contributed by atoms with van der Waals surface area (Å²) in [6.45, 7) is 4.14. The lowest BCUT2D eigenvalue weighted by molar-refractivity contribution is 0.0486. The lowest BCUT2D eigenvalue weighted by atomic mass is 9.74. The van der Waals surface area contributed by atoms with Gasteiger partial charge in [0.25, 0.3) is 5.91 Å². The molecule has 1 aliphatic heterocycles. The number of nitrogens with zero attached hydrogens (tertiary/aromatic N) is 2. The van der Waals surface area contributed by atoms with Crippen LogP contribution in [0.4, 0.5) is 0 Å². The van der Waals surface area contributed by atoms with Crippen LogP contribution in [0.5, 0.6) is 0 Å². The van der Waals surface area contributed by atoms with Gasteiger partial charge in [-0.2, -0.15) is 5.10 Å². The molecule has 0 atom stereocenters. The Bertz CT molecular complexity index is 1080. The van der Waals surface area contributed by atoms with Crippen LogP contribution in [0.2, 0.25) is 0 Å². The third-order valence-electron chi connectivity index (χ3n) is 6.91. The first-order valence-electron chi connectivity index (χ1n) is 11.3. The van der Waals surface area contributed by atoms with E-state index in [4.69, 9.17) is 9.84 Å². The van der Waals surface area contributed by atoms with Crippen LogP contribution in [-0.2, 0) is 23.0 Å². The zero-order valence-electron chi connectivity index (χ0n) is 18.1. The highest BCUT2D eigenvalue weighted by Gasteiger charge is 2.36. The third kappa shape index (κ3) is 3.68. The maximum Gasteiger partial charge on any atom is 0.272 e. The van der Waals surface area contributed by atoms with E-state index in [0.29, 0.717) is 12.2 Å². The average molecular weight is 416 g/mol. The summed E-state index contributed by atoms with van der Waals surface area (Å²) >= 11 is 0. The molecule has 1 saturated heterocycles. The Morgan fingerprint density at radius 2 is 1.81 bits per heavy atom. The second-order valence-corrected chi connectivity index (χ2v) is 8.77. The maximum absolute atomic E-state index is 13.3. The lowest BCUT2D eigenvalue weighted by Crippen LogP contribution is -2.44. The van der Waals surface area contributed by atoms with Crippen molar-refractivity contribution in [2.45, 2.75) is 44.4 Å². The van der Waals surface area contributed by atoms with Crippen LogP contribution in [0.15, 0.2) is 54.6 Å². The highest BCUT2D eigenvalue weighted by molar-refractivity contribution is 5.94. The molecule has 0 bridgehead atoms. The molecule has 5 heteroatoms. The van der Waals surface area contributed by atoms with Gasteiger partial charge in [-0.3, -0.25) is 4.79 Å². The smallest absolute Gasteiger partial charge is 0.272 e. The second-order valence-electron chi connectivity index (χ2n) is 8.77. The van der Waals surface area contributed by atoms with Crippen molar-refractivity contribution in [1.82, 2.24) is 15.1 Å². The molecule has 1 fully saturated rings. The van der Waals surface area contributed by atoms with Crippen LogP contribution < -0.4 is 5.32 Å². The molecule has 5 rings (SSSR count). The molecule has 0 radical (unpaired) electrons. The van der Waals surface area contributed by atoms with Crippen molar-refractivity contribution < 1.29 is 9.53 Å². The number of fused-ring (bicyclic) bond motifs is 1. The number of amides is 1. The Labute approximate surface area is 183 Å². The molecule has 1 N–H and O–H groups in total. The highest BCUT2D eigenvalue weighted by Crippen LogP contribution is 2.34. The van der Waals surface area contributed by atoms with E-state index < -0.39 is 0 Å². The van der Waals surface area contributed by atoms with Crippen molar-refractivity contribution in [1.29, 1.82) is 0 Å². The van der Waals surface area contributed by atoms with Gasteiger partial charge in [-0.1, -0.05) is 48.5 Å². The molecule has 31 heavy (non-hydrogen) atoms. The summed E-state index contributed by atoms with van der Waals surface area (Å²) in [5, 5.41) is 8.05. The average Bonchev–Trinajstić information content (AvgIpc) is 3.42. The van der Waals surface area contributed by atoms with E-state index in [9.17, 15) is 4.79 Å². The number of carbonyl (C=O) groups excluding carboxylic acids is 1. The molecule has 1 aromatic heterocycles. The van der Waals surface area contributed by atoms with E-state index in [1.807, 2.05) is 22.9 Å². The van der Waals surface area contributed by atoms with Gasteiger partial charge in [0.05, 0.1) is 5.69 Å². The van der Waals surface area contributed by atoms with Crippen LogP contribution in [-0.4, -0.2) is 35.4 Å². The summed E-state index contributed by atoms with van der Waals surface area (Å²) in [5.41, 5.74) is 6.29. The van der Waals surface area contributed by atoms with Gasteiger partial charge in [0.15, 0.2) is 5.69 Å². The summed E-state index contributed by atoms with van der Waals surface area (Å²) in [6.07, 6.45) is 4.78. The molecule has 2 aromatic carbocycles. The molecule has 1 amide bonds. The Morgan fingerprint density at radius 3 is 2.58 bits per heavy atom. The summed E-state index contributed by atoms with van der Waals surface area (Å²) in [4.78, 5) is 13.3. The molecule has 5 nitrogen and oxygen atoms in total. The molecular weight excluding hydrogens is 386 g/mol. The van der Waals surface area contributed by atoms with Gasteiger partial charge in [-0.05, 0) is 56.2 Å². The number of hydrogen-bond donors (Lipinski definition) is 1. The van der Waals surface area contributed by atoms with Gasteiger partial charge >= 0.3 is 0 Å². The number of aryl methyl sites for hydroxylation is 1. The molecule has 2 heterocycles. The highest BCUT2D eigenvalue weighted by atomic mass is 16.5. The topological polar surface area (TPSA) is 56.2 Å². The molecule has 0 spiro atoms. The predicted molar refractivity (Wildman–Crippen MR) is 121 cm³/mol. The largest absolute Gasteiger partial charge is 0.381 e. The Kier molecular flexibility index (Phi) is 5.36. The molecule has 1 aliphatic carbocycles. The second kappa shape index (κ2) is 8.31. The SMILES string of the molecule is Cc1ccccc1-n1nc(C(=O)NCC2(c3ccccc3)CCOCC2)c2c1CCC2. The van der Waals surface area contributed by atoms with Crippen LogP contribution in [0, 0.1) is 6.92 Å². The number of hydrogen-bond acceptors (Lipinski definition) is 3. The van der Waals surface area contributed by atoms with E-state index in [2.05, 4.69) is 48.6 Å². The molecular formula is C26H29N3O2. The summed E-state index contributed by atoms with van der Waals surface area (Å²) in [7, 11) is 0. The van der Waals surface area contributed by atoms with Gasteiger partial charge in [-0.25, -0.2) is 4.68 Å². The predicted octanol–water partition coefficient (Wildman–Crippen LogP) is 4.15. The van der Waals surface area contributed by atoms with E-state index >= 15 is 0 Å². The Morgan fingerprint density at radius 1 is 1.06 bits per heavy atom. The number of benzene rings is 2. The third-order valence-corrected chi connectivity index (χ3v) is 6.91. The first-order valence-corrected chi connectivity index (χ1v) is 11.3. The zero-order valence-corrected chi connectivity index (χ0v) is 18.1. The zero-order chi connectivity index (χ0) is 21.3. The van der Waals surface area contributed by atoms with E-state index in [1.165, 1.54) is 11.3 Å². The first kappa shape index (κ1) is 20.0. The number of nitrogens with one attached hydrogen (secondary N) is 1. The van der Waals surface area contributed by atoms with Crippen molar-refractivity contribution in [3.8, 4) is 5.69 Å². The lowest BCUT2D eigenvalue weighted by Gasteiger charge is -2.37.